The Morgan fingerprint density at radius 1 is 1.08 bits per heavy atom. The largest absolute Gasteiger partial charge is 0.490 e. The number of unbranched alkanes of at least 4 members (excludes halogenated alkanes) is 2. The minimum absolute atomic E-state index is 0.0485. The Hall–Kier alpha value is -1.75. The Labute approximate surface area is 151 Å². The van der Waals surface area contributed by atoms with Crippen molar-refractivity contribution in [1.82, 2.24) is 4.90 Å². The van der Waals surface area contributed by atoms with Gasteiger partial charge in [-0.05, 0) is 43.9 Å². The molecule has 1 aromatic carbocycles. The molecular weight excluding hydrogens is 316 g/mol. The summed E-state index contributed by atoms with van der Waals surface area (Å²) in [7, 11) is 0. The van der Waals surface area contributed by atoms with Crippen LogP contribution in [0.15, 0.2) is 18.2 Å². The highest BCUT2D eigenvalue weighted by Gasteiger charge is 2.22. The molecule has 1 amide bonds. The van der Waals surface area contributed by atoms with Crippen LogP contribution >= 0.6 is 0 Å². The van der Waals surface area contributed by atoms with E-state index in [4.69, 9.17) is 15.2 Å². The molecule has 0 unspecified atom stereocenters. The topological polar surface area (TPSA) is 64.8 Å². The third kappa shape index (κ3) is 5.92. The molecule has 5 heteroatoms. The molecule has 1 aromatic rings. The van der Waals surface area contributed by atoms with E-state index in [0.717, 1.165) is 57.4 Å². The molecule has 2 rings (SSSR count). The summed E-state index contributed by atoms with van der Waals surface area (Å²) >= 11 is 0. The number of carbonyl (C=O) groups is 1. The Morgan fingerprint density at radius 2 is 1.68 bits per heavy atom. The molecule has 5 nitrogen and oxygen atoms in total. The van der Waals surface area contributed by atoms with Crippen LogP contribution in [0.1, 0.15) is 62.7 Å². The van der Waals surface area contributed by atoms with Crippen molar-refractivity contribution in [3.05, 3.63) is 23.8 Å². The zero-order chi connectivity index (χ0) is 18.1. The van der Waals surface area contributed by atoms with E-state index in [1.807, 2.05) is 23.1 Å². The van der Waals surface area contributed by atoms with E-state index in [2.05, 4.69) is 13.8 Å². The smallest absolute Gasteiger partial charge is 0.253 e. The lowest BCUT2D eigenvalue weighted by Crippen LogP contribution is -2.42. The zero-order valence-electron chi connectivity index (χ0n) is 15.6. The summed E-state index contributed by atoms with van der Waals surface area (Å²) < 4.78 is 11.7. The average Bonchev–Trinajstić information content (AvgIpc) is 2.63. The van der Waals surface area contributed by atoms with Gasteiger partial charge in [-0.3, -0.25) is 4.79 Å². The standard InChI is InChI=1S/C20H32N2O3/c1-3-5-13-24-18-8-7-16(15-19(18)25-14-6-4-2)20(23)22-11-9-17(21)10-12-22/h7-8,15,17H,3-6,9-14,21H2,1-2H3. The van der Waals surface area contributed by atoms with Gasteiger partial charge in [-0.2, -0.15) is 0 Å². The molecule has 1 heterocycles. The molecule has 1 saturated heterocycles. The third-order valence-electron chi connectivity index (χ3n) is 4.53. The normalized spacial score (nSPS) is 15.2. The van der Waals surface area contributed by atoms with Gasteiger partial charge in [-0.15, -0.1) is 0 Å². The number of carbonyl (C=O) groups excluding carboxylic acids is 1. The maximum atomic E-state index is 12.7. The van der Waals surface area contributed by atoms with Crippen LogP contribution in [-0.2, 0) is 0 Å². The number of piperidine rings is 1. The van der Waals surface area contributed by atoms with Gasteiger partial charge in [-0.25, -0.2) is 0 Å². The van der Waals surface area contributed by atoms with Gasteiger partial charge in [0.25, 0.3) is 5.91 Å². The van der Waals surface area contributed by atoms with E-state index < -0.39 is 0 Å². The minimum atomic E-state index is 0.0485. The molecule has 0 spiro atoms. The highest BCUT2D eigenvalue weighted by Crippen LogP contribution is 2.30. The molecule has 25 heavy (non-hydrogen) atoms. The van der Waals surface area contributed by atoms with Crippen LogP contribution in [0.2, 0.25) is 0 Å². The summed E-state index contributed by atoms with van der Waals surface area (Å²) in [5.41, 5.74) is 6.59. The number of nitrogens with two attached hydrogens (primary N) is 1. The van der Waals surface area contributed by atoms with Crippen molar-refractivity contribution in [3.63, 3.8) is 0 Å². The molecule has 1 aliphatic heterocycles. The fraction of sp³-hybridized carbons (Fsp3) is 0.650. The monoisotopic (exact) mass is 348 g/mol. The van der Waals surface area contributed by atoms with E-state index in [9.17, 15) is 4.79 Å². The third-order valence-corrected chi connectivity index (χ3v) is 4.53. The van der Waals surface area contributed by atoms with Gasteiger partial charge in [0.2, 0.25) is 0 Å². The number of hydrogen-bond acceptors (Lipinski definition) is 4. The predicted molar refractivity (Wildman–Crippen MR) is 100 cm³/mol. The quantitative estimate of drug-likeness (QED) is 0.693. The Bertz CT molecular complexity index is 540. The molecule has 2 N–H and O–H groups in total. The molecule has 0 saturated carbocycles. The van der Waals surface area contributed by atoms with Crippen molar-refractivity contribution in [2.45, 2.75) is 58.4 Å². The van der Waals surface area contributed by atoms with Gasteiger partial charge in [0, 0.05) is 24.7 Å². The molecular formula is C20H32N2O3. The average molecular weight is 348 g/mol. The first kappa shape index (κ1) is 19.6. The van der Waals surface area contributed by atoms with Crippen LogP contribution in [0, 0.1) is 0 Å². The van der Waals surface area contributed by atoms with Gasteiger partial charge < -0.3 is 20.1 Å². The first-order valence-electron chi connectivity index (χ1n) is 9.60. The van der Waals surface area contributed by atoms with Gasteiger partial charge >= 0.3 is 0 Å². The lowest BCUT2D eigenvalue weighted by Gasteiger charge is -2.30. The fourth-order valence-corrected chi connectivity index (χ4v) is 2.81. The molecule has 0 aromatic heterocycles. The number of rotatable bonds is 9. The zero-order valence-corrected chi connectivity index (χ0v) is 15.6. The number of ether oxygens (including phenoxy) is 2. The molecule has 1 fully saturated rings. The summed E-state index contributed by atoms with van der Waals surface area (Å²) in [6, 6.07) is 5.74. The van der Waals surface area contributed by atoms with Gasteiger partial charge in [-0.1, -0.05) is 26.7 Å². The van der Waals surface area contributed by atoms with Crippen LogP contribution in [0.5, 0.6) is 11.5 Å². The van der Waals surface area contributed by atoms with Crippen LogP contribution in [0.25, 0.3) is 0 Å². The van der Waals surface area contributed by atoms with Crippen LogP contribution in [0.4, 0.5) is 0 Å². The second-order valence-corrected chi connectivity index (χ2v) is 6.70. The number of hydrogen-bond donors (Lipinski definition) is 1. The number of nitrogens with zero attached hydrogens (tertiary/aromatic N) is 1. The van der Waals surface area contributed by atoms with Gasteiger partial charge in [0.1, 0.15) is 0 Å². The molecule has 0 radical (unpaired) electrons. The minimum Gasteiger partial charge on any atom is -0.490 e. The molecule has 0 bridgehead atoms. The van der Waals surface area contributed by atoms with Crippen molar-refractivity contribution in [1.29, 1.82) is 0 Å². The first-order valence-corrected chi connectivity index (χ1v) is 9.60. The number of benzene rings is 1. The fourth-order valence-electron chi connectivity index (χ4n) is 2.81. The van der Waals surface area contributed by atoms with Crippen molar-refractivity contribution in [2.75, 3.05) is 26.3 Å². The predicted octanol–water partition coefficient (Wildman–Crippen LogP) is 3.61. The second-order valence-electron chi connectivity index (χ2n) is 6.70. The van der Waals surface area contributed by atoms with E-state index in [-0.39, 0.29) is 11.9 Å². The molecule has 1 aliphatic rings. The van der Waals surface area contributed by atoms with Crippen molar-refractivity contribution in [2.24, 2.45) is 5.73 Å². The Kier molecular flexibility index (Phi) is 8.06. The SMILES string of the molecule is CCCCOc1ccc(C(=O)N2CCC(N)CC2)cc1OCCCC. The summed E-state index contributed by atoms with van der Waals surface area (Å²) in [5.74, 6) is 1.44. The second kappa shape index (κ2) is 10.3. The summed E-state index contributed by atoms with van der Waals surface area (Å²) in [6.07, 6.45) is 5.87. The van der Waals surface area contributed by atoms with Gasteiger partial charge in [0.05, 0.1) is 13.2 Å². The number of likely N-dealkylation sites (tertiary alicyclic amines) is 1. The van der Waals surface area contributed by atoms with E-state index in [0.29, 0.717) is 24.5 Å². The van der Waals surface area contributed by atoms with E-state index in [1.54, 1.807) is 0 Å². The first-order chi connectivity index (χ1) is 12.2. The van der Waals surface area contributed by atoms with E-state index in [1.165, 1.54) is 0 Å². The molecule has 0 atom stereocenters. The van der Waals surface area contributed by atoms with E-state index >= 15 is 0 Å². The van der Waals surface area contributed by atoms with Crippen molar-refractivity contribution < 1.29 is 14.3 Å². The van der Waals surface area contributed by atoms with Crippen LogP contribution < -0.4 is 15.2 Å². The summed E-state index contributed by atoms with van der Waals surface area (Å²) in [6.45, 7) is 7.01. The molecule has 140 valence electrons. The van der Waals surface area contributed by atoms with Crippen molar-refractivity contribution in [3.8, 4) is 11.5 Å². The number of amides is 1. The maximum Gasteiger partial charge on any atom is 0.253 e. The highest BCUT2D eigenvalue weighted by atomic mass is 16.5. The highest BCUT2D eigenvalue weighted by molar-refractivity contribution is 5.95. The molecule has 0 aliphatic carbocycles. The lowest BCUT2D eigenvalue weighted by atomic mass is 10.0. The van der Waals surface area contributed by atoms with Gasteiger partial charge in [0.15, 0.2) is 11.5 Å². The summed E-state index contributed by atoms with van der Waals surface area (Å²) in [4.78, 5) is 14.6. The Balaban J connectivity index is 2.09. The summed E-state index contributed by atoms with van der Waals surface area (Å²) in [5, 5.41) is 0. The van der Waals surface area contributed by atoms with Crippen molar-refractivity contribution >= 4 is 5.91 Å². The van der Waals surface area contributed by atoms with Crippen LogP contribution in [0.3, 0.4) is 0 Å². The van der Waals surface area contributed by atoms with Crippen LogP contribution in [-0.4, -0.2) is 43.2 Å². The maximum absolute atomic E-state index is 12.7. The lowest BCUT2D eigenvalue weighted by molar-refractivity contribution is 0.0714. The Morgan fingerprint density at radius 3 is 2.28 bits per heavy atom.